The number of ether oxygens (including phenoxy) is 1. The van der Waals surface area contributed by atoms with Crippen LogP contribution in [-0.4, -0.2) is 54.5 Å². The minimum Gasteiger partial charge on any atom is -0.382 e. The van der Waals surface area contributed by atoms with Gasteiger partial charge >= 0.3 is 0 Å². The van der Waals surface area contributed by atoms with Crippen molar-refractivity contribution in [1.82, 2.24) is 15.2 Å². The van der Waals surface area contributed by atoms with Crippen LogP contribution in [0.15, 0.2) is 24.3 Å². The van der Waals surface area contributed by atoms with E-state index in [0.717, 1.165) is 17.3 Å². The van der Waals surface area contributed by atoms with Crippen molar-refractivity contribution in [3.05, 3.63) is 35.0 Å². The van der Waals surface area contributed by atoms with Crippen molar-refractivity contribution in [3.63, 3.8) is 0 Å². The normalized spacial score (nSPS) is 20.5. The number of halogens is 1. The molecular weight excluding hydrogens is 330 g/mol. The Morgan fingerprint density at radius 2 is 2.21 bits per heavy atom. The number of hydrogen-bond donors (Lipinski definition) is 2. The number of aromatic nitrogens is 1. The van der Waals surface area contributed by atoms with Crippen molar-refractivity contribution >= 4 is 34.3 Å². The Kier molecular flexibility index (Phi) is 4.51. The molecule has 128 valence electrons. The van der Waals surface area contributed by atoms with Crippen LogP contribution in [0.25, 0.3) is 10.9 Å². The average Bonchev–Trinajstić information content (AvgIpc) is 3.18. The highest BCUT2D eigenvalue weighted by atomic mass is 35.5. The van der Waals surface area contributed by atoms with E-state index in [4.69, 9.17) is 16.3 Å². The first-order chi connectivity index (χ1) is 11.5. The van der Waals surface area contributed by atoms with Crippen molar-refractivity contribution < 1.29 is 14.3 Å². The van der Waals surface area contributed by atoms with Gasteiger partial charge in [0.1, 0.15) is 11.2 Å². The Labute approximate surface area is 145 Å². The number of nitrogens with one attached hydrogen (secondary N) is 2. The zero-order valence-electron chi connectivity index (χ0n) is 13.7. The van der Waals surface area contributed by atoms with Gasteiger partial charge in [-0.1, -0.05) is 17.7 Å². The molecule has 1 fully saturated rings. The Bertz CT molecular complexity index is 788. The summed E-state index contributed by atoms with van der Waals surface area (Å²) in [6.07, 6.45) is 1.34. The molecule has 2 aromatic rings. The fourth-order valence-corrected chi connectivity index (χ4v) is 3.63. The smallest absolute Gasteiger partial charge is 0.271 e. The monoisotopic (exact) mass is 349 g/mol. The zero-order valence-corrected chi connectivity index (χ0v) is 14.4. The van der Waals surface area contributed by atoms with E-state index in [2.05, 4.69) is 10.3 Å². The summed E-state index contributed by atoms with van der Waals surface area (Å²) in [6, 6.07) is 7.20. The summed E-state index contributed by atoms with van der Waals surface area (Å²) in [5, 5.41) is 4.17. The third kappa shape index (κ3) is 2.65. The van der Waals surface area contributed by atoms with Gasteiger partial charge in [-0.25, -0.2) is 0 Å². The summed E-state index contributed by atoms with van der Waals surface area (Å²) in [4.78, 5) is 30.2. The predicted octanol–water partition coefficient (Wildman–Crippen LogP) is 2.19. The lowest BCUT2D eigenvalue weighted by molar-refractivity contribution is -0.133. The molecule has 3 rings (SSSR count). The number of hydrogen-bond acceptors (Lipinski definition) is 3. The first kappa shape index (κ1) is 16.8. The van der Waals surface area contributed by atoms with Gasteiger partial charge in [-0.05, 0) is 31.0 Å². The molecule has 2 heterocycles. The molecule has 0 bridgehead atoms. The van der Waals surface area contributed by atoms with Crippen LogP contribution < -0.4 is 5.32 Å². The van der Waals surface area contributed by atoms with Crippen LogP contribution in [0.2, 0.25) is 5.02 Å². The van der Waals surface area contributed by atoms with E-state index in [-0.39, 0.29) is 18.4 Å². The predicted molar refractivity (Wildman–Crippen MR) is 92.3 cm³/mol. The number of fused-ring (bicyclic) bond motifs is 1. The maximum absolute atomic E-state index is 13.0. The fraction of sp³-hybridized carbons (Fsp3) is 0.412. The van der Waals surface area contributed by atoms with Gasteiger partial charge in [-0.15, -0.1) is 0 Å². The summed E-state index contributed by atoms with van der Waals surface area (Å²) < 4.78 is 5.26. The molecular formula is C17H20ClN3O3. The molecule has 1 saturated heterocycles. The Balaban J connectivity index is 1.98. The SMILES string of the molecule is CNC(=O)C1(COC)CCCN1C(=O)c1cc2ccc(Cl)cc2[nH]1. The van der Waals surface area contributed by atoms with E-state index in [1.807, 2.05) is 6.07 Å². The fourth-order valence-electron chi connectivity index (χ4n) is 3.46. The second-order valence-electron chi connectivity index (χ2n) is 6.02. The molecule has 2 N–H and O–H groups in total. The minimum absolute atomic E-state index is 0.171. The number of rotatable bonds is 4. The second-order valence-corrected chi connectivity index (χ2v) is 6.46. The first-order valence-corrected chi connectivity index (χ1v) is 8.21. The number of nitrogens with zero attached hydrogens (tertiary/aromatic N) is 1. The summed E-state index contributed by atoms with van der Waals surface area (Å²) >= 11 is 6.00. The molecule has 0 spiro atoms. The zero-order chi connectivity index (χ0) is 17.3. The van der Waals surface area contributed by atoms with Crippen LogP contribution in [0.1, 0.15) is 23.3 Å². The van der Waals surface area contributed by atoms with Crippen LogP contribution in [0.5, 0.6) is 0 Å². The van der Waals surface area contributed by atoms with Gasteiger partial charge in [0.05, 0.1) is 6.61 Å². The van der Waals surface area contributed by atoms with Crippen molar-refractivity contribution in [1.29, 1.82) is 0 Å². The van der Waals surface area contributed by atoms with Crippen molar-refractivity contribution in [2.45, 2.75) is 18.4 Å². The van der Waals surface area contributed by atoms with Crippen LogP contribution in [0.3, 0.4) is 0 Å². The van der Waals surface area contributed by atoms with Gasteiger partial charge < -0.3 is 19.9 Å². The Morgan fingerprint density at radius 3 is 2.92 bits per heavy atom. The first-order valence-electron chi connectivity index (χ1n) is 7.83. The maximum Gasteiger partial charge on any atom is 0.271 e. The van der Waals surface area contributed by atoms with Crippen LogP contribution in [0.4, 0.5) is 0 Å². The molecule has 0 aliphatic carbocycles. The van der Waals surface area contributed by atoms with Gasteiger partial charge in [0.15, 0.2) is 0 Å². The number of H-pyrrole nitrogens is 1. The molecule has 1 atom stereocenters. The van der Waals surface area contributed by atoms with Gasteiger partial charge in [-0.2, -0.15) is 0 Å². The molecule has 0 radical (unpaired) electrons. The molecule has 7 heteroatoms. The number of carbonyl (C=O) groups is 2. The van der Waals surface area contributed by atoms with Crippen molar-refractivity contribution in [2.24, 2.45) is 0 Å². The van der Waals surface area contributed by atoms with E-state index in [0.29, 0.717) is 23.7 Å². The van der Waals surface area contributed by atoms with E-state index < -0.39 is 5.54 Å². The lowest BCUT2D eigenvalue weighted by atomic mass is 9.95. The van der Waals surface area contributed by atoms with Crippen molar-refractivity contribution in [3.8, 4) is 0 Å². The van der Waals surface area contributed by atoms with E-state index in [1.54, 1.807) is 30.1 Å². The van der Waals surface area contributed by atoms with E-state index in [1.165, 1.54) is 7.11 Å². The third-order valence-corrected chi connectivity index (χ3v) is 4.82. The van der Waals surface area contributed by atoms with E-state index >= 15 is 0 Å². The van der Waals surface area contributed by atoms with Gasteiger partial charge in [0, 0.05) is 36.6 Å². The number of likely N-dealkylation sites (N-methyl/N-ethyl adjacent to an activating group) is 1. The Hall–Kier alpha value is -2.05. The Morgan fingerprint density at radius 1 is 1.42 bits per heavy atom. The van der Waals surface area contributed by atoms with Gasteiger partial charge in [-0.3, -0.25) is 9.59 Å². The summed E-state index contributed by atoms with van der Waals surface area (Å²) in [7, 11) is 3.11. The lowest BCUT2D eigenvalue weighted by Gasteiger charge is -2.36. The molecule has 1 aliphatic rings. The molecule has 1 aliphatic heterocycles. The van der Waals surface area contributed by atoms with Gasteiger partial charge in [0.25, 0.3) is 5.91 Å². The van der Waals surface area contributed by atoms with Crippen LogP contribution in [-0.2, 0) is 9.53 Å². The molecule has 1 aromatic carbocycles. The molecule has 6 nitrogen and oxygen atoms in total. The average molecular weight is 350 g/mol. The highest BCUT2D eigenvalue weighted by Crippen LogP contribution is 2.32. The third-order valence-electron chi connectivity index (χ3n) is 4.58. The number of amides is 2. The highest BCUT2D eigenvalue weighted by Gasteiger charge is 2.49. The summed E-state index contributed by atoms with van der Waals surface area (Å²) in [5.74, 6) is -0.408. The second kappa shape index (κ2) is 6.45. The number of aromatic amines is 1. The lowest BCUT2D eigenvalue weighted by Crippen LogP contribution is -2.59. The number of benzene rings is 1. The largest absolute Gasteiger partial charge is 0.382 e. The molecule has 1 unspecified atom stereocenters. The molecule has 1 aromatic heterocycles. The molecule has 24 heavy (non-hydrogen) atoms. The van der Waals surface area contributed by atoms with E-state index in [9.17, 15) is 9.59 Å². The summed E-state index contributed by atoms with van der Waals surface area (Å²) in [5.41, 5.74) is 0.274. The quantitative estimate of drug-likeness (QED) is 0.888. The van der Waals surface area contributed by atoms with Crippen molar-refractivity contribution in [2.75, 3.05) is 27.3 Å². The summed E-state index contributed by atoms with van der Waals surface area (Å²) in [6.45, 7) is 0.691. The van der Waals surface area contributed by atoms with Gasteiger partial charge in [0.2, 0.25) is 5.91 Å². The molecule has 0 saturated carbocycles. The highest BCUT2D eigenvalue weighted by molar-refractivity contribution is 6.31. The standard InChI is InChI=1S/C17H20ClN3O3/c1-19-16(23)17(10-24-2)6-3-7-21(17)15(22)14-8-11-4-5-12(18)9-13(11)20-14/h4-5,8-9,20H,3,6-7,10H2,1-2H3,(H,19,23). The number of likely N-dealkylation sites (tertiary alicyclic amines) is 1. The minimum atomic E-state index is -0.963. The maximum atomic E-state index is 13.0. The topological polar surface area (TPSA) is 74.4 Å². The van der Waals surface area contributed by atoms with Crippen LogP contribution >= 0.6 is 11.6 Å². The number of carbonyl (C=O) groups excluding carboxylic acids is 2. The number of methoxy groups -OCH3 is 1. The van der Waals surface area contributed by atoms with Crippen LogP contribution in [0, 0.1) is 0 Å². The molecule has 2 amide bonds.